The highest BCUT2D eigenvalue weighted by Crippen LogP contribution is 2.34. The zero-order chi connectivity index (χ0) is 20.1. The molecule has 1 atom stereocenters. The maximum absolute atomic E-state index is 10.2. The number of rotatable bonds is 7. The molecule has 6 nitrogen and oxygen atoms in total. The average Bonchev–Trinajstić information content (AvgIpc) is 2.68. The third-order valence-corrected chi connectivity index (χ3v) is 5.23. The monoisotopic (exact) mass is 385 g/mol. The number of anilines is 1. The SMILES string of the molecule is CC(C)c1cc(C(N)Nc2ccc(CCN3CCOCC3)cc2)c(O)cc1O. The summed E-state index contributed by atoms with van der Waals surface area (Å²) in [5.41, 5.74) is 9.77. The molecule has 28 heavy (non-hydrogen) atoms. The number of ether oxygens (including phenoxy) is 1. The summed E-state index contributed by atoms with van der Waals surface area (Å²) in [6, 6.07) is 11.4. The molecule has 5 N–H and O–H groups in total. The highest BCUT2D eigenvalue weighted by molar-refractivity contribution is 5.52. The van der Waals surface area contributed by atoms with E-state index in [9.17, 15) is 10.2 Å². The highest BCUT2D eigenvalue weighted by Gasteiger charge is 2.16. The molecule has 0 saturated carbocycles. The summed E-state index contributed by atoms with van der Waals surface area (Å²) >= 11 is 0. The highest BCUT2D eigenvalue weighted by atomic mass is 16.5. The molecule has 0 bridgehead atoms. The summed E-state index contributed by atoms with van der Waals surface area (Å²) in [7, 11) is 0. The van der Waals surface area contributed by atoms with Gasteiger partial charge in [-0.15, -0.1) is 0 Å². The van der Waals surface area contributed by atoms with Crippen LogP contribution in [0.5, 0.6) is 11.5 Å². The van der Waals surface area contributed by atoms with E-state index in [2.05, 4.69) is 22.3 Å². The van der Waals surface area contributed by atoms with Crippen LogP contribution in [0.2, 0.25) is 0 Å². The summed E-state index contributed by atoms with van der Waals surface area (Å²) in [5.74, 6) is 0.217. The van der Waals surface area contributed by atoms with Gasteiger partial charge in [-0.05, 0) is 41.7 Å². The third kappa shape index (κ3) is 5.16. The maximum Gasteiger partial charge on any atom is 0.125 e. The number of nitrogens with two attached hydrogens (primary N) is 1. The van der Waals surface area contributed by atoms with Crippen molar-refractivity contribution in [2.75, 3.05) is 38.2 Å². The molecule has 0 aromatic heterocycles. The van der Waals surface area contributed by atoms with Crippen molar-refractivity contribution in [3.8, 4) is 11.5 Å². The Balaban J connectivity index is 1.61. The minimum Gasteiger partial charge on any atom is -0.508 e. The Morgan fingerprint density at radius 2 is 1.68 bits per heavy atom. The van der Waals surface area contributed by atoms with Gasteiger partial charge in [0.05, 0.1) is 13.2 Å². The predicted molar refractivity (Wildman–Crippen MR) is 112 cm³/mol. The summed E-state index contributed by atoms with van der Waals surface area (Å²) in [4.78, 5) is 2.42. The number of nitrogens with one attached hydrogen (secondary N) is 1. The lowest BCUT2D eigenvalue weighted by molar-refractivity contribution is 0.0384. The molecule has 1 unspecified atom stereocenters. The summed E-state index contributed by atoms with van der Waals surface area (Å²) in [5, 5.41) is 23.4. The van der Waals surface area contributed by atoms with E-state index in [1.807, 2.05) is 26.0 Å². The molecule has 152 valence electrons. The Morgan fingerprint density at radius 1 is 1.04 bits per heavy atom. The lowest BCUT2D eigenvalue weighted by Gasteiger charge is -2.26. The fourth-order valence-electron chi connectivity index (χ4n) is 3.46. The largest absolute Gasteiger partial charge is 0.508 e. The predicted octanol–water partition coefficient (Wildman–Crippen LogP) is 3.17. The van der Waals surface area contributed by atoms with Gasteiger partial charge < -0.3 is 26.0 Å². The first-order valence-corrected chi connectivity index (χ1v) is 9.91. The number of phenols is 2. The standard InChI is InChI=1S/C22H31N3O3/c1-15(2)18-13-19(21(27)14-20(18)26)22(23)24-17-5-3-16(4-6-17)7-8-25-9-11-28-12-10-25/h3-6,13-15,22,24,26-27H,7-12,23H2,1-2H3. The molecule has 0 radical (unpaired) electrons. The van der Waals surface area contributed by atoms with Gasteiger partial charge in [-0.2, -0.15) is 0 Å². The van der Waals surface area contributed by atoms with E-state index in [0.717, 1.165) is 50.5 Å². The van der Waals surface area contributed by atoms with Gasteiger partial charge in [0.1, 0.15) is 17.7 Å². The molecule has 0 spiro atoms. The van der Waals surface area contributed by atoms with E-state index in [4.69, 9.17) is 10.5 Å². The molecule has 1 aliphatic heterocycles. The maximum atomic E-state index is 10.2. The van der Waals surface area contributed by atoms with Crippen molar-refractivity contribution in [2.24, 2.45) is 5.73 Å². The fraction of sp³-hybridized carbons (Fsp3) is 0.455. The zero-order valence-corrected chi connectivity index (χ0v) is 16.7. The van der Waals surface area contributed by atoms with Crippen molar-refractivity contribution in [3.05, 3.63) is 53.1 Å². The van der Waals surface area contributed by atoms with Gasteiger partial charge in [-0.3, -0.25) is 4.90 Å². The molecule has 0 aliphatic carbocycles. The van der Waals surface area contributed by atoms with Crippen molar-refractivity contribution in [3.63, 3.8) is 0 Å². The molecule has 0 amide bonds. The van der Waals surface area contributed by atoms with Crippen molar-refractivity contribution in [2.45, 2.75) is 32.4 Å². The first kappa shape index (κ1) is 20.5. The Bertz CT molecular complexity index is 771. The lowest BCUT2D eigenvalue weighted by atomic mass is 9.98. The second-order valence-corrected chi connectivity index (χ2v) is 7.65. The van der Waals surface area contributed by atoms with Gasteiger partial charge in [-0.25, -0.2) is 0 Å². The van der Waals surface area contributed by atoms with Crippen LogP contribution in [0.15, 0.2) is 36.4 Å². The summed E-state index contributed by atoms with van der Waals surface area (Å²) < 4.78 is 5.38. The zero-order valence-electron chi connectivity index (χ0n) is 16.7. The molecule has 2 aromatic rings. The van der Waals surface area contributed by atoms with Gasteiger partial charge >= 0.3 is 0 Å². The Labute approximate surface area is 166 Å². The molecule has 1 fully saturated rings. The second-order valence-electron chi connectivity index (χ2n) is 7.65. The minimum absolute atomic E-state index is 0.0102. The fourth-order valence-corrected chi connectivity index (χ4v) is 3.46. The molecular weight excluding hydrogens is 354 g/mol. The van der Waals surface area contributed by atoms with Gasteiger partial charge in [0, 0.05) is 37.0 Å². The number of nitrogens with zero attached hydrogens (tertiary/aromatic N) is 1. The average molecular weight is 386 g/mol. The van der Waals surface area contributed by atoms with Crippen LogP contribution in [0.25, 0.3) is 0 Å². The molecule has 1 aliphatic rings. The first-order chi connectivity index (χ1) is 13.4. The number of benzene rings is 2. The summed E-state index contributed by atoms with van der Waals surface area (Å²) in [6.07, 6.45) is 0.431. The van der Waals surface area contributed by atoms with Crippen molar-refractivity contribution < 1.29 is 14.9 Å². The van der Waals surface area contributed by atoms with Crippen LogP contribution >= 0.6 is 0 Å². The summed E-state index contributed by atoms with van der Waals surface area (Å²) in [6.45, 7) is 8.67. The third-order valence-electron chi connectivity index (χ3n) is 5.23. The number of morpholine rings is 1. The van der Waals surface area contributed by atoms with E-state index in [1.54, 1.807) is 6.07 Å². The molecule has 3 rings (SSSR count). The number of hydrogen-bond acceptors (Lipinski definition) is 6. The molecule has 2 aromatic carbocycles. The normalized spacial score (nSPS) is 16.3. The van der Waals surface area contributed by atoms with Crippen LogP contribution in [0.1, 0.15) is 42.6 Å². The van der Waals surface area contributed by atoms with E-state index < -0.39 is 6.17 Å². The van der Waals surface area contributed by atoms with Crippen LogP contribution in [0.4, 0.5) is 5.69 Å². The molecule has 1 heterocycles. The van der Waals surface area contributed by atoms with Crippen LogP contribution < -0.4 is 11.1 Å². The van der Waals surface area contributed by atoms with Crippen LogP contribution in [0, 0.1) is 0 Å². The van der Waals surface area contributed by atoms with E-state index in [-0.39, 0.29) is 17.4 Å². The smallest absolute Gasteiger partial charge is 0.125 e. The van der Waals surface area contributed by atoms with E-state index >= 15 is 0 Å². The lowest BCUT2D eigenvalue weighted by Crippen LogP contribution is -2.37. The topological polar surface area (TPSA) is 91.0 Å². The minimum atomic E-state index is -0.572. The van der Waals surface area contributed by atoms with Crippen molar-refractivity contribution in [1.82, 2.24) is 4.90 Å². The number of phenolic OH excluding ortho intramolecular Hbond substituents is 2. The Morgan fingerprint density at radius 3 is 2.32 bits per heavy atom. The molecule has 6 heteroatoms. The molecule has 1 saturated heterocycles. The van der Waals surface area contributed by atoms with Gasteiger partial charge in [0.15, 0.2) is 0 Å². The Kier molecular flexibility index (Phi) is 6.78. The van der Waals surface area contributed by atoms with Gasteiger partial charge in [0.25, 0.3) is 0 Å². The first-order valence-electron chi connectivity index (χ1n) is 9.91. The van der Waals surface area contributed by atoms with Crippen LogP contribution in [0.3, 0.4) is 0 Å². The van der Waals surface area contributed by atoms with Crippen LogP contribution in [-0.4, -0.2) is 48.0 Å². The van der Waals surface area contributed by atoms with Gasteiger partial charge in [0.2, 0.25) is 0 Å². The number of hydrogen-bond donors (Lipinski definition) is 4. The van der Waals surface area contributed by atoms with E-state index in [1.165, 1.54) is 11.6 Å². The quantitative estimate of drug-likeness (QED) is 0.547. The second kappa shape index (κ2) is 9.28. The van der Waals surface area contributed by atoms with Crippen molar-refractivity contribution in [1.29, 1.82) is 0 Å². The van der Waals surface area contributed by atoms with Gasteiger partial charge in [-0.1, -0.05) is 26.0 Å². The number of aromatic hydroxyl groups is 2. The van der Waals surface area contributed by atoms with Crippen LogP contribution in [-0.2, 0) is 11.2 Å². The molecular formula is C22H31N3O3. The van der Waals surface area contributed by atoms with E-state index in [0.29, 0.717) is 5.56 Å². The van der Waals surface area contributed by atoms with Crippen molar-refractivity contribution >= 4 is 5.69 Å². The Hall–Kier alpha value is -2.28.